The minimum Gasteiger partial charge on any atom is -0.483 e. The summed E-state index contributed by atoms with van der Waals surface area (Å²) in [4.78, 5) is 31.9. The molecule has 1 unspecified atom stereocenters. The van der Waals surface area contributed by atoms with E-state index in [2.05, 4.69) is 10.3 Å². The second-order valence-electron chi connectivity index (χ2n) is 8.50. The molecule has 1 aliphatic heterocycles. The molecule has 180 valence electrons. The number of hydrogen-bond acceptors (Lipinski definition) is 6. The minimum absolute atomic E-state index is 0.00708. The van der Waals surface area contributed by atoms with Crippen molar-refractivity contribution >= 4 is 33.4 Å². The molecule has 5 rings (SSSR count). The van der Waals surface area contributed by atoms with Crippen LogP contribution in [0.3, 0.4) is 0 Å². The van der Waals surface area contributed by atoms with Crippen molar-refractivity contribution in [2.45, 2.75) is 32.2 Å². The van der Waals surface area contributed by atoms with E-state index in [4.69, 9.17) is 9.15 Å². The fourth-order valence-corrected chi connectivity index (χ4v) is 5.21. The average Bonchev–Trinajstić information content (AvgIpc) is 3.66. The number of aromatic nitrogens is 1. The Morgan fingerprint density at radius 3 is 2.66 bits per heavy atom. The lowest BCUT2D eigenvalue weighted by Gasteiger charge is -2.21. The molecule has 4 aromatic rings. The fourth-order valence-electron chi connectivity index (χ4n) is 4.28. The Balaban J connectivity index is 1.28. The van der Waals surface area contributed by atoms with Crippen molar-refractivity contribution in [3.8, 4) is 16.5 Å². The number of carbonyl (C=O) groups excluding carboxylic acids is 2. The minimum atomic E-state index is -0.313. The Bertz CT molecular complexity index is 1310. The van der Waals surface area contributed by atoms with Gasteiger partial charge in [-0.2, -0.15) is 0 Å². The number of benzene rings is 2. The van der Waals surface area contributed by atoms with E-state index in [1.165, 1.54) is 11.3 Å². The highest BCUT2D eigenvalue weighted by Gasteiger charge is 2.22. The van der Waals surface area contributed by atoms with Crippen LogP contribution in [-0.4, -0.2) is 41.4 Å². The first-order chi connectivity index (χ1) is 17.1. The first kappa shape index (κ1) is 23.1. The number of furan rings is 1. The van der Waals surface area contributed by atoms with Crippen molar-refractivity contribution in [3.63, 3.8) is 0 Å². The molecular formula is C27H27N3O4S. The van der Waals surface area contributed by atoms with Crippen LogP contribution < -0.4 is 10.1 Å². The van der Waals surface area contributed by atoms with Crippen LogP contribution in [0.25, 0.3) is 21.0 Å². The molecule has 1 saturated heterocycles. The lowest BCUT2D eigenvalue weighted by Crippen LogP contribution is -2.32. The third-order valence-electron chi connectivity index (χ3n) is 6.15. The van der Waals surface area contributed by atoms with Crippen LogP contribution in [0.1, 0.15) is 48.3 Å². The molecule has 3 heterocycles. The third-order valence-corrected chi connectivity index (χ3v) is 7.20. The van der Waals surface area contributed by atoms with E-state index < -0.39 is 0 Å². The zero-order chi connectivity index (χ0) is 24.2. The highest BCUT2D eigenvalue weighted by atomic mass is 32.1. The average molecular weight is 490 g/mol. The van der Waals surface area contributed by atoms with Crippen LogP contribution in [0.15, 0.2) is 65.1 Å². The Kier molecular flexibility index (Phi) is 6.81. The molecular weight excluding hydrogens is 462 g/mol. The van der Waals surface area contributed by atoms with Crippen molar-refractivity contribution in [2.75, 3.05) is 19.7 Å². The maximum absolute atomic E-state index is 13.0. The van der Waals surface area contributed by atoms with Crippen molar-refractivity contribution in [1.29, 1.82) is 0 Å². The molecule has 35 heavy (non-hydrogen) atoms. The van der Waals surface area contributed by atoms with Gasteiger partial charge >= 0.3 is 0 Å². The summed E-state index contributed by atoms with van der Waals surface area (Å²) in [6, 6.07) is 18.5. The van der Waals surface area contributed by atoms with Crippen molar-refractivity contribution < 1.29 is 18.7 Å². The lowest BCUT2D eigenvalue weighted by atomic mass is 10.0. The zero-order valence-electron chi connectivity index (χ0n) is 19.5. The molecule has 1 N–H and O–H groups in total. The highest BCUT2D eigenvalue weighted by Crippen LogP contribution is 2.32. The summed E-state index contributed by atoms with van der Waals surface area (Å²) in [6.07, 6.45) is 2.73. The number of para-hydroxylation sites is 2. The maximum Gasteiger partial charge on any atom is 0.287 e. The van der Waals surface area contributed by atoms with Crippen LogP contribution in [0.4, 0.5) is 0 Å². The van der Waals surface area contributed by atoms with E-state index >= 15 is 0 Å². The number of amides is 2. The number of thiazole rings is 1. The van der Waals surface area contributed by atoms with Gasteiger partial charge in [-0.3, -0.25) is 9.59 Å². The first-order valence-corrected chi connectivity index (χ1v) is 12.7. The molecule has 0 bridgehead atoms. The van der Waals surface area contributed by atoms with Crippen molar-refractivity contribution in [1.82, 2.24) is 15.2 Å². The van der Waals surface area contributed by atoms with Crippen molar-refractivity contribution in [3.05, 3.63) is 72.0 Å². The summed E-state index contributed by atoms with van der Waals surface area (Å²) >= 11 is 1.53. The quantitative estimate of drug-likeness (QED) is 0.356. The molecule has 1 fully saturated rings. The Morgan fingerprint density at radius 2 is 1.86 bits per heavy atom. The number of carbonyl (C=O) groups is 2. The van der Waals surface area contributed by atoms with E-state index in [1.54, 1.807) is 12.1 Å². The molecule has 0 radical (unpaired) electrons. The van der Waals surface area contributed by atoms with Gasteiger partial charge < -0.3 is 19.4 Å². The summed E-state index contributed by atoms with van der Waals surface area (Å²) in [7, 11) is 0. The van der Waals surface area contributed by atoms with E-state index in [0.29, 0.717) is 17.9 Å². The Hall–Kier alpha value is -3.65. The normalized spacial score (nSPS) is 14.3. The van der Waals surface area contributed by atoms with Crippen LogP contribution in [0, 0.1) is 0 Å². The maximum atomic E-state index is 13.0. The molecule has 2 aromatic carbocycles. The number of ether oxygens (including phenoxy) is 1. The second-order valence-corrected chi connectivity index (χ2v) is 9.53. The summed E-state index contributed by atoms with van der Waals surface area (Å²) in [5.74, 6) is 1.06. The smallest absolute Gasteiger partial charge is 0.287 e. The van der Waals surface area contributed by atoms with Gasteiger partial charge in [-0.05, 0) is 49.6 Å². The molecule has 2 amide bonds. The molecule has 1 atom stereocenters. The summed E-state index contributed by atoms with van der Waals surface area (Å²) in [5, 5.41) is 3.78. The number of rotatable bonds is 8. The predicted molar refractivity (Wildman–Crippen MR) is 136 cm³/mol. The number of fused-ring (bicyclic) bond motifs is 1. The molecule has 1 aliphatic rings. The summed E-state index contributed by atoms with van der Waals surface area (Å²) < 4.78 is 12.8. The molecule has 0 spiro atoms. The Morgan fingerprint density at radius 1 is 1.09 bits per heavy atom. The van der Waals surface area contributed by atoms with Gasteiger partial charge in [-0.25, -0.2) is 4.98 Å². The van der Waals surface area contributed by atoms with Crippen LogP contribution in [0.5, 0.6) is 5.75 Å². The molecule has 2 aromatic heterocycles. The summed E-state index contributed by atoms with van der Waals surface area (Å²) in [6.45, 7) is 3.57. The van der Waals surface area contributed by atoms with Crippen LogP contribution >= 0.6 is 11.3 Å². The van der Waals surface area contributed by atoms with Crippen LogP contribution in [0.2, 0.25) is 0 Å². The van der Waals surface area contributed by atoms with Crippen LogP contribution in [-0.2, 0) is 4.79 Å². The molecule has 0 saturated carbocycles. The van der Waals surface area contributed by atoms with Gasteiger partial charge in [-0.1, -0.05) is 37.3 Å². The van der Waals surface area contributed by atoms with E-state index in [9.17, 15) is 9.59 Å². The van der Waals surface area contributed by atoms with Gasteiger partial charge in [0, 0.05) is 18.7 Å². The number of hydrogen-bond donors (Lipinski definition) is 1. The standard InChI is InChI=1S/C27H27N3O4S/c1-2-19(18-9-3-5-11-21(18)33-17-25(31)30-15-7-8-16-30)28-26(32)22-13-14-23(34-22)27-29-20-10-4-6-12-24(20)35-27/h3-6,9-14,19H,2,7-8,15-17H2,1H3,(H,28,32). The topological polar surface area (TPSA) is 84.7 Å². The monoisotopic (exact) mass is 489 g/mol. The van der Waals surface area contributed by atoms with Gasteiger partial charge in [0.15, 0.2) is 23.1 Å². The lowest BCUT2D eigenvalue weighted by molar-refractivity contribution is -0.132. The Labute approximate surface area is 207 Å². The van der Waals surface area contributed by atoms with Crippen molar-refractivity contribution in [2.24, 2.45) is 0 Å². The number of nitrogens with one attached hydrogen (secondary N) is 1. The van der Waals surface area contributed by atoms with E-state index in [-0.39, 0.29) is 30.2 Å². The van der Waals surface area contributed by atoms with Gasteiger partial charge in [0.25, 0.3) is 11.8 Å². The highest BCUT2D eigenvalue weighted by molar-refractivity contribution is 7.21. The van der Waals surface area contributed by atoms with Gasteiger partial charge in [0.2, 0.25) is 0 Å². The fraction of sp³-hybridized carbons (Fsp3) is 0.296. The number of nitrogens with zero attached hydrogens (tertiary/aromatic N) is 2. The third kappa shape index (κ3) is 5.07. The molecule has 8 heteroatoms. The van der Waals surface area contributed by atoms with Gasteiger partial charge in [-0.15, -0.1) is 11.3 Å². The van der Waals surface area contributed by atoms with E-state index in [0.717, 1.165) is 46.7 Å². The first-order valence-electron chi connectivity index (χ1n) is 11.9. The van der Waals surface area contributed by atoms with Gasteiger partial charge in [0.1, 0.15) is 5.75 Å². The van der Waals surface area contributed by atoms with Gasteiger partial charge in [0.05, 0.1) is 16.3 Å². The summed E-state index contributed by atoms with van der Waals surface area (Å²) in [5.41, 5.74) is 1.73. The zero-order valence-corrected chi connectivity index (χ0v) is 20.3. The predicted octanol–water partition coefficient (Wildman–Crippen LogP) is 5.44. The molecule has 7 nitrogen and oxygen atoms in total. The largest absolute Gasteiger partial charge is 0.483 e. The second kappa shape index (κ2) is 10.3. The van der Waals surface area contributed by atoms with E-state index in [1.807, 2.05) is 60.4 Å². The number of likely N-dealkylation sites (tertiary alicyclic amines) is 1. The SMILES string of the molecule is CCC(NC(=O)c1ccc(-c2nc3ccccc3s2)o1)c1ccccc1OCC(=O)N1CCCC1. The molecule has 0 aliphatic carbocycles.